The first-order valence-corrected chi connectivity index (χ1v) is 6.66. The summed E-state index contributed by atoms with van der Waals surface area (Å²) in [6, 6.07) is 8.55. The van der Waals surface area contributed by atoms with E-state index < -0.39 is 0 Å². The number of halogens is 1. The Hall–Kier alpha value is -2.01. The molecule has 0 spiro atoms. The molecule has 2 aromatic rings. The van der Waals surface area contributed by atoms with Crippen LogP contribution in [0.3, 0.4) is 0 Å². The molecule has 0 aliphatic heterocycles. The lowest BCUT2D eigenvalue weighted by Crippen LogP contribution is -2.23. The monoisotopic (exact) mass is 274 g/mol. The summed E-state index contributed by atoms with van der Waals surface area (Å²) in [5, 5.41) is 0. The first-order chi connectivity index (χ1) is 9.61. The van der Waals surface area contributed by atoms with E-state index in [4.69, 9.17) is 5.73 Å². The summed E-state index contributed by atoms with van der Waals surface area (Å²) in [5.41, 5.74) is 6.95. The standard InChI is InChI=1S/C15H19FN4/c1-11-10-15(19-12(2)18-11)20(9-5-8-17)14-7-4-3-6-13(14)16/h3-4,6-7,10H,5,8-9,17H2,1-2H3. The number of aryl methyl sites for hydroxylation is 2. The van der Waals surface area contributed by atoms with Gasteiger partial charge in [0.05, 0.1) is 5.69 Å². The van der Waals surface area contributed by atoms with Gasteiger partial charge in [0.15, 0.2) is 0 Å². The summed E-state index contributed by atoms with van der Waals surface area (Å²) in [5.74, 6) is 1.11. The van der Waals surface area contributed by atoms with Crippen LogP contribution in [0.2, 0.25) is 0 Å². The molecule has 0 saturated carbocycles. The minimum absolute atomic E-state index is 0.265. The van der Waals surface area contributed by atoms with E-state index in [-0.39, 0.29) is 5.82 Å². The molecule has 2 N–H and O–H groups in total. The van der Waals surface area contributed by atoms with Crippen LogP contribution >= 0.6 is 0 Å². The van der Waals surface area contributed by atoms with E-state index in [1.807, 2.05) is 30.9 Å². The Bertz CT molecular complexity index is 566. The van der Waals surface area contributed by atoms with E-state index in [1.54, 1.807) is 12.1 Å². The first kappa shape index (κ1) is 14.4. The first-order valence-electron chi connectivity index (χ1n) is 6.66. The molecule has 0 bridgehead atoms. The quantitative estimate of drug-likeness (QED) is 0.910. The fourth-order valence-electron chi connectivity index (χ4n) is 2.11. The van der Waals surface area contributed by atoms with Gasteiger partial charge in [0.25, 0.3) is 0 Å². The third-order valence-corrected chi connectivity index (χ3v) is 2.96. The van der Waals surface area contributed by atoms with Gasteiger partial charge in [-0.3, -0.25) is 0 Å². The van der Waals surface area contributed by atoms with Crippen molar-refractivity contribution in [3.8, 4) is 0 Å². The van der Waals surface area contributed by atoms with Crippen molar-refractivity contribution in [2.45, 2.75) is 20.3 Å². The van der Waals surface area contributed by atoms with Gasteiger partial charge >= 0.3 is 0 Å². The molecule has 5 heteroatoms. The molecule has 1 aromatic heterocycles. The molecule has 0 radical (unpaired) electrons. The predicted molar refractivity (Wildman–Crippen MR) is 78.6 cm³/mol. The lowest BCUT2D eigenvalue weighted by atomic mass is 10.2. The molecule has 0 amide bonds. The van der Waals surface area contributed by atoms with Crippen molar-refractivity contribution in [3.05, 3.63) is 47.7 Å². The smallest absolute Gasteiger partial charge is 0.146 e. The lowest BCUT2D eigenvalue weighted by molar-refractivity contribution is 0.622. The highest BCUT2D eigenvalue weighted by Crippen LogP contribution is 2.26. The van der Waals surface area contributed by atoms with Crippen LogP contribution < -0.4 is 10.6 Å². The van der Waals surface area contributed by atoms with Crippen molar-refractivity contribution in [2.75, 3.05) is 18.0 Å². The summed E-state index contributed by atoms with van der Waals surface area (Å²) in [7, 11) is 0. The van der Waals surface area contributed by atoms with Crippen LogP contribution in [-0.2, 0) is 0 Å². The van der Waals surface area contributed by atoms with Gasteiger partial charge in [0, 0.05) is 18.3 Å². The summed E-state index contributed by atoms with van der Waals surface area (Å²) >= 11 is 0. The van der Waals surface area contributed by atoms with E-state index in [2.05, 4.69) is 9.97 Å². The number of anilines is 2. The molecule has 2 rings (SSSR count). The maximum atomic E-state index is 14.0. The van der Waals surface area contributed by atoms with Gasteiger partial charge in [0.1, 0.15) is 17.5 Å². The largest absolute Gasteiger partial charge is 0.330 e. The second-order valence-corrected chi connectivity index (χ2v) is 4.66. The molecule has 106 valence electrons. The molecule has 0 saturated heterocycles. The Balaban J connectivity index is 2.44. The molecule has 0 atom stereocenters. The molecular formula is C15H19FN4. The van der Waals surface area contributed by atoms with Crippen molar-refractivity contribution in [2.24, 2.45) is 5.73 Å². The van der Waals surface area contributed by atoms with Gasteiger partial charge in [-0.25, -0.2) is 14.4 Å². The minimum atomic E-state index is -0.265. The molecule has 0 fully saturated rings. The van der Waals surface area contributed by atoms with Gasteiger partial charge in [-0.05, 0) is 38.9 Å². The lowest BCUT2D eigenvalue weighted by Gasteiger charge is -2.24. The van der Waals surface area contributed by atoms with Gasteiger partial charge in [-0.15, -0.1) is 0 Å². The van der Waals surface area contributed by atoms with E-state index in [0.717, 1.165) is 12.1 Å². The number of nitrogens with two attached hydrogens (primary N) is 1. The Kier molecular flexibility index (Phi) is 4.63. The van der Waals surface area contributed by atoms with Gasteiger partial charge in [0.2, 0.25) is 0 Å². The number of hydrogen-bond acceptors (Lipinski definition) is 4. The van der Waals surface area contributed by atoms with Crippen molar-refractivity contribution >= 4 is 11.5 Å². The molecule has 1 aromatic carbocycles. The summed E-state index contributed by atoms with van der Waals surface area (Å²) in [6.45, 7) is 4.90. The number of nitrogens with zero attached hydrogens (tertiary/aromatic N) is 3. The average molecular weight is 274 g/mol. The molecule has 0 aliphatic rings. The number of hydrogen-bond donors (Lipinski definition) is 1. The molecule has 0 aliphatic carbocycles. The second-order valence-electron chi connectivity index (χ2n) is 4.66. The Morgan fingerprint density at radius 3 is 2.60 bits per heavy atom. The molecule has 20 heavy (non-hydrogen) atoms. The number of rotatable bonds is 5. The average Bonchev–Trinajstić information content (AvgIpc) is 2.40. The fourth-order valence-corrected chi connectivity index (χ4v) is 2.11. The zero-order valence-corrected chi connectivity index (χ0v) is 11.8. The number of aromatic nitrogens is 2. The second kappa shape index (κ2) is 6.43. The van der Waals surface area contributed by atoms with E-state index in [1.165, 1.54) is 6.07 Å². The van der Waals surface area contributed by atoms with E-state index in [9.17, 15) is 4.39 Å². The van der Waals surface area contributed by atoms with Crippen molar-refractivity contribution in [1.29, 1.82) is 0 Å². The Labute approximate surface area is 118 Å². The molecule has 4 nitrogen and oxygen atoms in total. The normalized spacial score (nSPS) is 10.6. The molecule has 0 unspecified atom stereocenters. The third-order valence-electron chi connectivity index (χ3n) is 2.96. The SMILES string of the molecule is Cc1cc(N(CCCN)c2ccccc2F)nc(C)n1. The highest BCUT2D eigenvalue weighted by molar-refractivity contribution is 5.60. The predicted octanol–water partition coefficient (Wildman–Crippen LogP) is 2.72. The van der Waals surface area contributed by atoms with Crippen LogP contribution in [0.25, 0.3) is 0 Å². The van der Waals surface area contributed by atoms with Crippen molar-refractivity contribution in [3.63, 3.8) is 0 Å². The van der Waals surface area contributed by atoms with Crippen LogP contribution in [0.4, 0.5) is 15.9 Å². The highest BCUT2D eigenvalue weighted by Gasteiger charge is 2.15. The van der Waals surface area contributed by atoms with Crippen LogP contribution in [0.15, 0.2) is 30.3 Å². The van der Waals surface area contributed by atoms with Gasteiger partial charge < -0.3 is 10.6 Å². The van der Waals surface area contributed by atoms with Crippen LogP contribution in [0, 0.1) is 19.7 Å². The zero-order valence-electron chi connectivity index (χ0n) is 11.8. The Morgan fingerprint density at radius 2 is 1.95 bits per heavy atom. The van der Waals surface area contributed by atoms with Crippen LogP contribution in [-0.4, -0.2) is 23.1 Å². The molecular weight excluding hydrogens is 255 g/mol. The number of benzene rings is 1. The third kappa shape index (κ3) is 3.30. The minimum Gasteiger partial charge on any atom is -0.330 e. The maximum absolute atomic E-state index is 14.0. The maximum Gasteiger partial charge on any atom is 0.146 e. The molecule has 1 heterocycles. The Morgan fingerprint density at radius 1 is 1.20 bits per heavy atom. The van der Waals surface area contributed by atoms with E-state index in [0.29, 0.717) is 30.4 Å². The topological polar surface area (TPSA) is 55.0 Å². The van der Waals surface area contributed by atoms with Crippen molar-refractivity contribution < 1.29 is 4.39 Å². The summed E-state index contributed by atoms with van der Waals surface area (Å²) in [6.07, 6.45) is 0.760. The summed E-state index contributed by atoms with van der Waals surface area (Å²) < 4.78 is 14.0. The van der Waals surface area contributed by atoms with Gasteiger partial charge in [-0.1, -0.05) is 12.1 Å². The van der Waals surface area contributed by atoms with Crippen LogP contribution in [0.5, 0.6) is 0 Å². The fraction of sp³-hybridized carbons (Fsp3) is 0.333. The summed E-state index contributed by atoms with van der Waals surface area (Å²) in [4.78, 5) is 10.5. The highest BCUT2D eigenvalue weighted by atomic mass is 19.1. The van der Waals surface area contributed by atoms with E-state index >= 15 is 0 Å². The number of para-hydroxylation sites is 1. The van der Waals surface area contributed by atoms with Gasteiger partial charge in [-0.2, -0.15) is 0 Å². The zero-order chi connectivity index (χ0) is 14.5. The van der Waals surface area contributed by atoms with Crippen LogP contribution in [0.1, 0.15) is 17.9 Å². The van der Waals surface area contributed by atoms with Crippen molar-refractivity contribution in [1.82, 2.24) is 9.97 Å².